The first-order valence-electron chi connectivity index (χ1n) is 9.37. The van der Waals surface area contributed by atoms with E-state index in [1.54, 1.807) is 38.1 Å². The molecule has 0 aliphatic carbocycles. The molecule has 1 aliphatic rings. The molecular weight excluding hydrogens is 442 g/mol. The van der Waals surface area contributed by atoms with Crippen LogP contribution in [-0.4, -0.2) is 42.3 Å². The Labute approximate surface area is 188 Å². The lowest BCUT2D eigenvalue weighted by Crippen LogP contribution is -2.37. The average Bonchev–Trinajstić information content (AvgIpc) is 3.25. The van der Waals surface area contributed by atoms with Crippen molar-refractivity contribution in [3.05, 3.63) is 57.7 Å². The van der Waals surface area contributed by atoms with Crippen molar-refractivity contribution in [3.63, 3.8) is 0 Å². The van der Waals surface area contributed by atoms with E-state index in [2.05, 4.69) is 15.5 Å². The molecule has 1 aliphatic heterocycles. The molecule has 0 bridgehead atoms. The fourth-order valence-electron chi connectivity index (χ4n) is 3.23. The number of methoxy groups -OCH3 is 2. The molecule has 0 unspecified atom stereocenters. The first-order chi connectivity index (χ1) is 15.3. The van der Waals surface area contributed by atoms with Crippen LogP contribution < -0.4 is 5.32 Å². The fourth-order valence-corrected chi connectivity index (χ4v) is 3.35. The van der Waals surface area contributed by atoms with Crippen molar-refractivity contribution >= 4 is 29.5 Å². The maximum absolute atomic E-state index is 13.0. The second kappa shape index (κ2) is 9.65. The summed E-state index contributed by atoms with van der Waals surface area (Å²) < 4.78 is 20.4. The molecule has 0 fully saturated rings. The van der Waals surface area contributed by atoms with Gasteiger partial charge in [0.1, 0.15) is 5.92 Å². The van der Waals surface area contributed by atoms with E-state index in [-0.39, 0.29) is 29.5 Å². The van der Waals surface area contributed by atoms with Gasteiger partial charge in [0.05, 0.1) is 25.4 Å². The van der Waals surface area contributed by atoms with Crippen LogP contribution in [0.2, 0.25) is 5.02 Å². The van der Waals surface area contributed by atoms with Crippen molar-refractivity contribution in [2.45, 2.75) is 20.5 Å². The Hall–Kier alpha value is -3.66. The second-order valence-corrected chi connectivity index (χ2v) is 7.17. The van der Waals surface area contributed by atoms with Gasteiger partial charge in [0.2, 0.25) is 5.89 Å². The third-order valence-corrected chi connectivity index (χ3v) is 4.95. The third kappa shape index (κ3) is 4.65. The number of carbonyl (C=O) groups excluding carboxylic acids is 3. The van der Waals surface area contributed by atoms with Gasteiger partial charge in [0, 0.05) is 22.0 Å². The van der Waals surface area contributed by atoms with Crippen molar-refractivity contribution < 1.29 is 33.0 Å². The van der Waals surface area contributed by atoms with Crippen LogP contribution in [0.15, 0.2) is 51.2 Å². The minimum atomic E-state index is -1.35. The van der Waals surface area contributed by atoms with Crippen LogP contribution in [0.5, 0.6) is 0 Å². The maximum Gasteiger partial charge on any atom is 0.336 e. The predicted octanol–water partition coefficient (Wildman–Crippen LogP) is 2.55. The van der Waals surface area contributed by atoms with Crippen LogP contribution in [0.3, 0.4) is 0 Å². The minimum Gasteiger partial charge on any atom is -0.466 e. The van der Waals surface area contributed by atoms with E-state index in [1.165, 1.54) is 14.2 Å². The Morgan fingerprint density at radius 2 is 1.56 bits per heavy atom. The molecule has 11 heteroatoms. The molecule has 3 rings (SSSR count). The standard InChI is InChI=1S/C21H20ClN3O7/c1-10-15(19(26)29-3)17(16(11(2)23-10)20(27)30-4)21(28)31-9-14-24-25-18(32-14)12-5-7-13(22)8-6-12/h5-8,17,23H,9H2,1-4H3. The molecule has 168 valence electrons. The fraction of sp³-hybridized carbons (Fsp3) is 0.286. The van der Waals surface area contributed by atoms with E-state index in [9.17, 15) is 14.4 Å². The van der Waals surface area contributed by atoms with E-state index in [0.29, 0.717) is 22.0 Å². The quantitative estimate of drug-likeness (QED) is 0.505. The average molecular weight is 462 g/mol. The van der Waals surface area contributed by atoms with E-state index in [4.69, 9.17) is 30.2 Å². The van der Waals surface area contributed by atoms with Gasteiger partial charge < -0.3 is 23.9 Å². The predicted molar refractivity (Wildman–Crippen MR) is 111 cm³/mol. The Morgan fingerprint density at radius 3 is 2.09 bits per heavy atom. The summed E-state index contributed by atoms with van der Waals surface area (Å²) in [6.07, 6.45) is 0. The number of nitrogens with one attached hydrogen (secondary N) is 1. The lowest BCUT2D eigenvalue weighted by molar-refractivity contribution is -0.152. The highest BCUT2D eigenvalue weighted by atomic mass is 35.5. The molecule has 1 aromatic carbocycles. The SMILES string of the molecule is COC(=O)C1=C(C)NC(C)=C(C(=O)OC)C1C(=O)OCc1nnc(-c2ccc(Cl)cc2)o1. The molecular formula is C21H20ClN3O7. The van der Waals surface area contributed by atoms with Gasteiger partial charge in [-0.25, -0.2) is 9.59 Å². The number of nitrogens with zero attached hydrogens (tertiary/aromatic N) is 2. The van der Waals surface area contributed by atoms with Crippen LogP contribution in [0.25, 0.3) is 11.5 Å². The minimum absolute atomic E-state index is 0.0258. The molecule has 0 saturated heterocycles. The molecule has 32 heavy (non-hydrogen) atoms. The molecule has 1 N–H and O–H groups in total. The summed E-state index contributed by atoms with van der Waals surface area (Å²) in [5, 5.41) is 11.2. The van der Waals surface area contributed by atoms with Gasteiger partial charge in [0.25, 0.3) is 5.89 Å². The Morgan fingerprint density at radius 1 is 1.00 bits per heavy atom. The molecule has 1 aromatic heterocycles. The number of carbonyl (C=O) groups is 3. The van der Waals surface area contributed by atoms with Crippen molar-refractivity contribution in [2.24, 2.45) is 5.92 Å². The molecule has 0 radical (unpaired) electrons. The van der Waals surface area contributed by atoms with Gasteiger partial charge in [-0.15, -0.1) is 10.2 Å². The van der Waals surface area contributed by atoms with Crippen molar-refractivity contribution in [3.8, 4) is 11.5 Å². The van der Waals surface area contributed by atoms with Gasteiger partial charge in [0.15, 0.2) is 6.61 Å². The maximum atomic E-state index is 13.0. The van der Waals surface area contributed by atoms with Crippen molar-refractivity contribution in [2.75, 3.05) is 14.2 Å². The highest BCUT2D eigenvalue weighted by Crippen LogP contribution is 2.32. The summed E-state index contributed by atoms with van der Waals surface area (Å²) in [4.78, 5) is 37.7. The zero-order valence-corrected chi connectivity index (χ0v) is 18.5. The number of allylic oxidation sites excluding steroid dienone is 2. The van der Waals surface area contributed by atoms with E-state index in [1.807, 2.05) is 0 Å². The summed E-state index contributed by atoms with van der Waals surface area (Å²) >= 11 is 5.87. The molecule has 2 aromatic rings. The summed E-state index contributed by atoms with van der Waals surface area (Å²) in [5.41, 5.74) is 1.22. The number of halogens is 1. The number of hydrogen-bond acceptors (Lipinski definition) is 10. The first kappa shape index (κ1) is 23.0. The second-order valence-electron chi connectivity index (χ2n) is 6.73. The molecule has 2 heterocycles. The smallest absolute Gasteiger partial charge is 0.336 e. The molecule has 10 nitrogen and oxygen atoms in total. The molecule has 0 spiro atoms. The zero-order valence-electron chi connectivity index (χ0n) is 17.7. The summed E-state index contributed by atoms with van der Waals surface area (Å²) in [5.74, 6) is -3.56. The Balaban J connectivity index is 1.83. The highest BCUT2D eigenvalue weighted by molar-refractivity contribution is 6.30. The van der Waals surface area contributed by atoms with Gasteiger partial charge >= 0.3 is 17.9 Å². The number of dihydropyridines is 1. The normalized spacial score (nSPS) is 14.2. The van der Waals surface area contributed by atoms with E-state index >= 15 is 0 Å². The summed E-state index contributed by atoms with van der Waals surface area (Å²) in [6.45, 7) is 2.80. The van der Waals surface area contributed by atoms with Gasteiger partial charge in [-0.1, -0.05) is 11.6 Å². The summed E-state index contributed by atoms with van der Waals surface area (Å²) in [7, 11) is 2.34. The topological polar surface area (TPSA) is 130 Å². The number of esters is 3. The Bertz CT molecular complexity index is 1080. The number of ether oxygens (including phenoxy) is 3. The lowest BCUT2D eigenvalue weighted by atomic mass is 9.85. The zero-order chi connectivity index (χ0) is 23.4. The Kier molecular flexibility index (Phi) is 6.94. The van der Waals surface area contributed by atoms with E-state index < -0.39 is 23.8 Å². The van der Waals surface area contributed by atoms with Crippen LogP contribution in [0, 0.1) is 5.92 Å². The number of benzene rings is 1. The number of aromatic nitrogens is 2. The monoisotopic (exact) mass is 461 g/mol. The molecule has 0 saturated carbocycles. The third-order valence-electron chi connectivity index (χ3n) is 4.70. The van der Waals surface area contributed by atoms with Crippen LogP contribution in [0.4, 0.5) is 0 Å². The van der Waals surface area contributed by atoms with Crippen LogP contribution in [-0.2, 0) is 35.2 Å². The van der Waals surface area contributed by atoms with Crippen molar-refractivity contribution in [1.82, 2.24) is 15.5 Å². The largest absolute Gasteiger partial charge is 0.466 e. The molecule has 0 atom stereocenters. The number of hydrogen-bond donors (Lipinski definition) is 1. The van der Waals surface area contributed by atoms with Crippen LogP contribution in [0.1, 0.15) is 19.7 Å². The van der Waals surface area contributed by atoms with Gasteiger partial charge in [-0.2, -0.15) is 0 Å². The lowest BCUT2D eigenvalue weighted by Gasteiger charge is -2.28. The van der Waals surface area contributed by atoms with Crippen molar-refractivity contribution in [1.29, 1.82) is 0 Å². The number of rotatable bonds is 6. The first-order valence-corrected chi connectivity index (χ1v) is 9.74. The van der Waals surface area contributed by atoms with E-state index in [0.717, 1.165) is 0 Å². The van der Waals surface area contributed by atoms with Crippen LogP contribution >= 0.6 is 11.6 Å². The summed E-state index contributed by atoms with van der Waals surface area (Å²) in [6, 6.07) is 6.74. The van der Waals surface area contributed by atoms with Gasteiger partial charge in [-0.05, 0) is 38.1 Å². The van der Waals surface area contributed by atoms with Gasteiger partial charge in [-0.3, -0.25) is 4.79 Å². The highest BCUT2D eigenvalue weighted by Gasteiger charge is 2.42. The molecule has 0 amide bonds.